The molecule has 1 aliphatic heterocycles. The van der Waals surface area contributed by atoms with Gasteiger partial charge in [-0.1, -0.05) is 54.1 Å². The predicted molar refractivity (Wildman–Crippen MR) is 113 cm³/mol. The van der Waals surface area contributed by atoms with Crippen molar-refractivity contribution in [2.24, 2.45) is 7.05 Å². The van der Waals surface area contributed by atoms with Crippen molar-refractivity contribution in [2.45, 2.75) is 23.5 Å². The average Bonchev–Trinajstić information content (AvgIpc) is 3.35. The lowest BCUT2D eigenvalue weighted by atomic mass is 9.94. The van der Waals surface area contributed by atoms with Gasteiger partial charge in [0.2, 0.25) is 0 Å². The van der Waals surface area contributed by atoms with Gasteiger partial charge in [0.15, 0.2) is 5.03 Å². The summed E-state index contributed by atoms with van der Waals surface area (Å²) >= 11 is 5.97. The van der Waals surface area contributed by atoms with Crippen LogP contribution in [0.2, 0.25) is 5.02 Å². The maximum Gasteiger partial charge on any atom is 0.262 e. The molecule has 8 heteroatoms. The number of hydrogen-bond acceptors (Lipinski definition) is 4. The number of hydrogen-bond donors (Lipinski definition) is 1. The van der Waals surface area contributed by atoms with E-state index in [9.17, 15) is 8.42 Å². The van der Waals surface area contributed by atoms with E-state index >= 15 is 0 Å². The van der Waals surface area contributed by atoms with E-state index in [1.54, 1.807) is 17.8 Å². The lowest BCUT2D eigenvalue weighted by Gasteiger charge is -2.20. The van der Waals surface area contributed by atoms with Gasteiger partial charge in [-0.3, -0.25) is 0 Å². The molecule has 0 bridgehead atoms. The molecule has 2 atom stereocenters. The summed E-state index contributed by atoms with van der Waals surface area (Å²) in [7, 11) is -1.87. The number of rotatable bonds is 6. The van der Waals surface area contributed by atoms with Gasteiger partial charge in [-0.2, -0.15) is 4.31 Å². The van der Waals surface area contributed by atoms with Gasteiger partial charge in [-0.05, 0) is 23.3 Å². The van der Waals surface area contributed by atoms with Crippen LogP contribution in [0.4, 0.5) is 0 Å². The van der Waals surface area contributed by atoms with Crippen molar-refractivity contribution in [3.63, 3.8) is 0 Å². The molecule has 1 fully saturated rings. The Kier molecular flexibility index (Phi) is 5.74. The van der Waals surface area contributed by atoms with Crippen molar-refractivity contribution in [1.82, 2.24) is 19.2 Å². The first-order chi connectivity index (χ1) is 13.9. The Labute approximate surface area is 176 Å². The molecule has 1 saturated heterocycles. The summed E-state index contributed by atoms with van der Waals surface area (Å²) in [5.41, 5.74) is 2.23. The number of nitrogens with zero attached hydrogens (tertiary/aromatic N) is 3. The Morgan fingerprint density at radius 2 is 1.83 bits per heavy atom. The SMILES string of the molecule is Cn1cnc(S(=O)(=O)N2C[C@H](NCc3ccc(Cl)cc3)[C@@H](c3ccccc3)C2)c1. The highest BCUT2D eigenvalue weighted by atomic mass is 35.5. The number of imidazole rings is 1. The molecule has 3 aromatic rings. The van der Waals surface area contributed by atoms with Gasteiger partial charge in [-0.25, -0.2) is 13.4 Å². The van der Waals surface area contributed by atoms with Gasteiger partial charge < -0.3 is 9.88 Å². The largest absolute Gasteiger partial charge is 0.339 e. The third kappa shape index (κ3) is 4.38. The summed E-state index contributed by atoms with van der Waals surface area (Å²) in [4.78, 5) is 4.06. The van der Waals surface area contributed by atoms with Crippen LogP contribution < -0.4 is 5.32 Å². The molecule has 152 valence electrons. The van der Waals surface area contributed by atoms with Crippen LogP contribution in [0, 0.1) is 0 Å². The molecule has 2 aromatic carbocycles. The highest BCUT2D eigenvalue weighted by Crippen LogP contribution is 2.31. The van der Waals surface area contributed by atoms with Crippen molar-refractivity contribution in [3.05, 3.63) is 83.3 Å². The van der Waals surface area contributed by atoms with Crippen LogP contribution in [0.5, 0.6) is 0 Å². The zero-order valence-corrected chi connectivity index (χ0v) is 17.6. The van der Waals surface area contributed by atoms with E-state index in [0.29, 0.717) is 24.7 Å². The van der Waals surface area contributed by atoms with Gasteiger partial charge in [0.05, 0.1) is 6.33 Å². The predicted octanol–water partition coefficient (Wildman–Crippen LogP) is 3.02. The van der Waals surface area contributed by atoms with Crippen LogP contribution in [0.1, 0.15) is 17.0 Å². The molecule has 2 heterocycles. The molecule has 0 aliphatic carbocycles. The average molecular weight is 431 g/mol. The molecule has 29 heavy (non-hydrogen) atoms. The molecule has 0 unspecified atom stereocenters. The Balaban J connectivity index is 1.57. The highest BCUT2D eigenvalue weighted by molar-refractivity contribution is 7.89. The molecule has 0 radical (unpaired) electrons. The topological polar surface area (TPSA) is 67.2 Å². The van der Waals surface area contributed by atoms with Crippen molar-refractivity contribution in [1.29, 1.82) is 0 Å². The Morgan fingerprint density at radius 1 is 1.10 bits per heavy atom. The van der Waals surface area contributed by atoms with Crippen LogP contribution in [0.25, 0.3) is 0 Å². The highest BCUT2D eigenvalue weighted by Gasteiger charge is 2.40. The number of halogens is 1. The molecule has 6 nitrogen and oxygen atoms in total. The van der Waals surface area contributed by atoms with Crippen LogP contribution >= 0.6 is 11.6 Å². The molecule has 1 aromatic heterocycles. The first kappa shape index (κ1) is 20.1. The first-order valence-corrected chi connectivity index (χ1v) is 11.3. The van der Waals surface area contributed by atoms with Gasteiger partial charge in [0, 0.05) is 49.9 Å². The monoisotopic (exact) mass is 430 g/mol. The van der Waals surface area contributed by atoms with Crippen molar-refractivity contribution in [2.75, 3.05) is 13.1 Å². The fourth-order valence-corrected chi connectivity index (χ4v) is 5.30. The third-order valence-corrected chi connectivity index (χ3v) is 7.25. The summed E-state index contributed by atoms with van der Waals surface area (Å²) in [6.07, 6.45) is 3.05. The van der Waals surface area contributed by atoms with E-state index in [1.165, 1.54) is 10.6 Å². The van der Waals surface area contributed by atoms with Crippen molar-refractivity contribution < 1.29 is 8.42 Å². The lowest BCUT2D eigenvalue weighted by molar-refractivity contribution is 0.454. The number of nitrogens with one attached hydrogen (secondary N) is 1. The molecule has 1 aliphatic rings. The zero-order valence-electron chi connectivity index (χ0n) is 16.1. The summed E-state index contributed by atoms with van der Waals surface area (Å²) in [5.74, 6) is 0.0574. The standard InChI is InChI=1S/C21H23ClN4O2S/c1-25-14-21(24-15-25)29(27,28)26-12-19(17-5-3-2-4-6-17)20(13-26)23-11-16-7-9-18(22)10-8-16/h2-10,14-15,19-20,23H,11-13H2,1H3/t19-,20+/m1/s1. The second-order valence-electron chi connectivity index (χ2n) is 7.33. The second-order valence-corrected chi connectivity index (χ2v) is 9.65. The smallest absolute Gasteiger partial charge is 0.262 e. The number of aromatic nitrogens is 2. The lowest BCUT2D eigenvalue weighted by Crippen LogP contribution is -2.36. The van der Waals surface area contributed by atoms with Crippen LogP contribution in [-0.4, -0.2) is 41.4 Å². The molecule has 0 amide bonds. The third-order valence-electron chi connectivity index (χ3n) is 5.28. The summed E-state index contributed by atoms with van der Waals surface area (Å²) in [6, 6.07) is 17.7. The second kappa shape index (κ2) is 8.28. The van der Waals surface area contributed by atoms with E-state index in [-0.39, 0.29) is 17.0 Å². The molecule has 0 saturated carbocycles. The zero-order chi connectivity index (χ0) is 20.4. The van der Waals surface area contributed by atoms with Crippen LogP contribution in [0.15, 0.2) is 72.1 Å². The molecule has 1 N–H and O–H groups in total. The van der Waals surface area contributed by atoms with E-state index < -0.39 is 10.0 Å². The maximum absolute atomic E-state index is 13.1. The summed E-state index contributed by atoms with van der Waals surface area (Å²) in [6.45, 7) is 1.45. The van der Waals surface area contributed by atoms with Crippen LogP contribution in [0.3, 0.4) is 0 Å². The van der Waals surface area contributed by atoms with E-state index in [1.807, 2.05) is 42.5 Å². The van der Waals surface area contributed by atoms with E-state index in [0.717, 1.165) is 11.1 Å². The summed E-state index contributed by atoms with van der Waals surface area (Å²) in [5, 5.41) is 4.34. The Bertz CT molecular complexity index is 1070. The minimum absolute atomic E-state index is 0.00781. The molecular weight excluding hydrogens is 408 g/mol. The van der Waals surface area contributed by atoms with Crippen molar-refractivity contribution >= 4 is 21.6 Å². The number of benzene rings is 2. The maximum atomic E-state index is 13.1. The van der Waals surface area contributed by atoms with Gasteiger partial charge >= 0.3 is 0 Å². The molecular formula is C21H23ClN4O2S. The first-order valence-electron chi connectivity index (χ1n) is 9.44. The fourth-order valence-electron chi connectivity index (χ4n) is 3.71. The van der Waals surface area contributed by atoms with E-state index in [2.05, 4.69) is 22.4 Å². The molecule has 0 spiro atoms. The Morgan fingerprint density at radius 3 is 2.48 bits per heavy atom. The summed E-state index contributed by atoms with van der Waals surface area (Å²) < 4.78 is 29.4. The van der Waals surface area contributed by atoms with Gasteiger partial charge in [0.1, 0.15) is 0 Å². The normalized spacial score (nSPS) is 20.2. The van der Waals surface area contributed by atoms with Gasteiger partial charge in [-0.15, -0.1) is 0 Å². The van der Waals surface area contributed by atoms with Gasteiger partial charge in [0.25, 0.3) is 10.0 Å². The van der Waals surface area contributed by atoms with E-state index in [4.69, 9.17) is 11.6 Å². The Hall–Kier alpha value is -2.19. The fraction of sp³-hybridized carbons (Fsp3) is 0.286. The number of sulfonamides is 1. The quantitative estimate of drug-likeness (QED) is 0.652. The molecule has 4 rings (SSSR count). The minimum atomic E-state index is -3.64. The van der Waals surface area contributed by atoms with Crippen LogP contribution in [-0.2, 0) is 23.6 Å². The minimum Gasteiger partial charge on any atom is -0.339 e. The number of aryl methyl sites for hydroxylation is 1. The van der Waals surface area contributed by atoms with Crippen molar-refractivity contribution in [3.8, 4) is 0 Å².